The van der Waals surface area contributed by atoms with Crippen molar-refractivity contribution in [3.63, 3.8) is 0 Å². The molecule has 6 nitrogen and oxygen atoms in total. The van der Waals surface area contributed by atoms with E-state index >= 15 is 0 Å². The zero-order valence-electron chi connectivity index (χ0n) is 17.9. The molecule has 0 bridgehead atoms. The quantitative estimate of drug-likeness (QED) is 0.690. The number of carbonyl (C=O) groups is 2. The molecule has 2 atom stereocenters. The van der Waals surface area contributed by atoms with Gasteiger partial charge in [0.2, 0.25) is 5.91 Å². The average molecular weight is 430 g/mol. The number of likely N-dealkylation sites (tertiary alicyclic amines) is 1. The zero-order valence-corrected chi connectivity index (χ0v) is 18.7. The van der Waals surface area contributed by atoms with Crippen molar-refractivity contribution in [2.24, 2.45) is 0 Å². The van der Waals surface area contributed by atoms with Gasteiger partial charge < -0.3 is 15.4 Å². The van der Waals surface area contributed by atoms with Gasteiger partial charge in [0.05, 0.1) is 6.04 Å². The van der Waals surface area contributed by atoms with E-state index in [0.29, 0.717) is 6.54 Å². The minimum absolute atomic E-state index is 0.148. The number of hydrogen-bond acceptors (Lipinski definition) is 5. The van der Waals surface area contributed by atoms with E-state index in [1.54, 1.807) is 32.1 Å². The van der Waals surface area contributed by atoms with Crippen LogP contribution in [-0.2, 0) is 9.53 Å². The zero-order chi connectivity index (χ0) is 21.6. The van der Waals surface area contributed by atoms with Crippen LogP contribution in [-0.4, -0.2) is 42.1 Å². The van der Waals surface area contributed by atoms with Gasteiger partial charge >= 0.3 is 6.09 Å². The largest absolute Gasteiger partial charge is 0.444 e. The van der Waals surface area contributed by atoms with E-state index < -0.39 is 17.7 Å². The lowest BCUT2D eigenvalue weighted by Crippen LogP contribution is -2.44. The van der Waals surface area contributed by atoms with Crippen molar-refractivity contribution in [3.05, 3.63) is 58.3 Å². The molecule has 1 aliphatic rings. The van der Waals surface area contributed by atoms with E-state index in [4.69, 9.17) is 4.74 Å². The van der Waals surface area contributed by atoms with Gasteiger partial charge in [-0.15, -0.1) is 11.3 Å². The highest BCUT2D eigenvalue weighted by Gasteiger charge is 2.29. The summed E-state index contributed by atoms with van der Waals surface area (Å²) in [5.74, 6) is -0.243. The maximum Gasteiger partial charge on any atom is 0.408 e. The van der Waals surface area contributed by atoms with Gasteiger partial charge in [-0.1, -0.05) is 36.4 Å². The Morgan fingerprint density at radius 1 is 1.10 bits per heavy atom. The van der Waals surface area contributed by atoms with Crippen LogP contribution in [0.2, 0.25) is 0 Å². The van der Waals surface area contributed by atoms with Crippen molar-refractivity contribution in [1.82, 2.24) is 15.5 Å². The molecule has 1 saturated heterocycles. The highest BCUT2D eigenvalue weighted by molar-refractivity contribution is 7.10. The Bertz CT molecular complexity index is 812. The Kier molecular flexibility index (Phi) is 7.50. The third kappa shape index (κ3) is 6.31. The molecule has 0 aliphatic carbocycles. The first-order chi connectivity index (χ1) is 14.3. The van der Waals surface area contributed by atoms with Gasteiger partial charge in [0.25, 0.3) is 0 Å². The molecule has 2 N–H and O–H groups in total. The molecule has 1 aliphatic heterocycles. The third-order valence-corrected chi connectivity index (χ3v) is 5.95. The molecule has 1 aromatic heterocycles. The topological polar surface area (TPSA) is 70.7 Å². The van der Waals surface area contributed by atoms with Gasteiger partial charge in [-0.2, -0.15) is 0 Å². The lowest BCUT2D eigenvalue weighted by molar-refractivity contribution is -0.123. The second kappa shape index (κ2) is 10.1. The number of amides is 2. The molecule has 0 spiro atoms. The number of nitrogens with one attached hydrogen (secondary N) is 2. The number of alkyl carbamates (subject to hydrolysis) is 1. The van der Waals surface area contributed by atoms with Crippen LogP contribution < -0.4 is 10.6 Å². The molecule has 162 valence electrons. The van der Waals surface area contributed by atoms with Gasteiger partial charge in [-0.05, 0) is 63.7 Å². The number of thiophene rings is 1. The normalized spacial score (nSPS) is 16.6. The Balaban J connectivity index is 1.71. The summed E-state index contributed by atoms with van der Waals surface area (Å²) in [5.41, 5.74) is 0.0802. The molecular formula is C23H31N3O3S. The Morgan fingerprint density at radius 3 is 2.40 bits per heavy atom. The first-order valence-corrected chi connectivity index (χ1v) is 11.3. The molecule has 0 radical (unpaired) electrons. The van der Waals surface area contributed by atoms with Crippen LogP contribution in [0, 0.1) is 0 Å². The van der Waals surface area contributed by atoms with Crippen LogP contribution in [0.3, 0.4) is 0 Å². The van der Waals surface area contributed by atoms with Crippen LogP contribution in [0.25, 0.3) is 0 Å². The number of hydrogen-bond donors (Lipinski definition) is 2. The van der Waals surface area contributed by atoms with E-state index in [1.807, 2.05) is 36.4 Å². The van der Waals surface area contributed by atoms with Crippen LogP contribution in [0.1, 0.15) is 56.1 Å². The molecule has 7 heteroatoms. The summed E-state index contributed by atoms with van der Waals surface area (Å²) in [6.45, 7) is 7.97. The molecule has 2 heterocycles. The first-order valence-electron chi connectivity index (χ1n) is 10.4. The lowest BCUT2D eigenvalue weighted by atomic mass is 10.1. The molecule has 3 rings (SSSR count). The SMILES string of the molecule is CC(C)(C)OC(=O)N[C@H](C(=O)NCC(c1cccs1)N1CCCC1)c1ccccc1. The number of carbonyl (C=O) groups excluding carboxylic acids is 2. The third-order valence-electron chi connectivity index (χ3n) is 4.98. The molecule has 2 aromatic rings. The monoisotopic (exact) mass is 429 g/mol. The maximum atomic E-state index is 13.1. The van der Waals surface area contributed by atoms with E-state index in [0.717, 1.165) is 18.7 Å². The van der Waals surface area contributed by atoms with Gasteiger partial charge in [0, 0.05) is 11.4 Å². The van der Waals surface area contributed by atoms with Crippen LogP contribution >= 0.6 is 11.3 Å². The number of benzene rings is 1. The smallest absolute Gasteiger partial charge is 0.408 e. The Hall–Kier alpha value is -2.38. The van der Waals surface area contributed by atoms with Crippen molar-refractivity contribution in [2.45, 2.75) is 51.3 Å². The fraction of sp³-hybridized carbons (Fsp3) is 0.478. The van der Waals surface area contributed by atoms with Crippen molar-refractivity contribution >= 4 is 23.3 Å². The summed E-state index contributed by atoms with van der Waals surface area (Å²) in [6, 6.07) is 12.7. The number of ether oxygens (including phenoxy) is 1. The first kappa shape index (κ1) is 22.3. The van der Waals surface area contributed by atoms with Gasteiger partial charge in [-0.3, -0.25) is 9.69 Å². The van der Waals surface area contributed by atoms with Crippen LogP contribution in [0.4, 0.5) is 4.79 Å². The van der Waals surface area contributed by atoms with Gasteiger partial charge in [0.15, 0.2) is 0 Å². The Labute approximate surface area is 182 Å². The maximum absolute atomic E-state index is 13.1. The Morgan fingerprint density at radius 2 is 1.80 bits per heavy atom. The average Bonchev–Trinajstić information content (AvgIpc) is 3.40. The van der Waals surface area contributed by atoms with Crippen molar-refractivity contribution < 1.29 is 14.3 Å². The van der Waals surface area contributed by atoms with Crippen molar-refractivity contribution in [1.29, 1.82) is 0 Å². The minimum atomic E-state index is -0.816. The second-order valence-electron chi connectivity index (χ2n) is 8.51. The van der Waals surface area contributed by atoms with Gasteiger partial charge in [-0.25, -0.2) is 4.79 Å². The summed E-state index contributed by atoms with van der Waals surface area (Å²) < 4.78 is 5.37. The second-order valence-corrected chi connectivity index (χ2v) is 9.49. The fourth-order valence-electron chi connectivity index (χ4n) is 3.61. The van der Waals surface area contributed by atoms with E-state index in [1.165, 1.54) is 17.7 Å². The van der Waals surface area contributed by atoms with E-state index in [-0.39, 0.29) is 11.9 Å². The summed E-state index contributed by atoms with van der Waals surface area (Å²) in [4.78, 5) is 29.2. The standard InChI is InChI=1S/C23H31N3O3S/c1-23(2,3)29-22(28)25-20(17-10-5-4-6-11-17)21(27)24-16-18(19-12-9-15-30-19)26-13-7-8-14-26/h4-6,9-12,15,18,20H,7-8,13-14,16H2,1-3H3,(H,24,27)(H,25,28)/t18?,20-/m0/s1. The lowest BCUT2D eigenvalue weighted by Gasteiger charge is -2.28. The molecule has 30 heavy (non-hydrogen) atoms. The number of nitrogens with zero attached hydrogens (tertiary/aromatic N) is 1. The highest BCUT2D eigenvalue weighted by Crippen LogP contribution is 2.28. The van der Waals surface area contributed by atoms with Crippen molar-refractivity contribution in [2.75, 3.05) is 19.6 Å². The van der Waals surface area contributed by atoms with Crippen LogP contribution in [0.5, 0.6) is 0 Å². The molecule has 1 unspecified atom stereocenters. The van der Waals surface area contributed by atoms with E-state index in [9.17, 15) is 9.59 Å². The highest BCUT2D eigenvalue weighted by atomic mass is 32.1. The fourth-order valence-corrected chi connectivity index (χ4v) is 4.48. The summed E-state index contributed by atoms with van der Waals surface area (Å²) in [7, 11) is 0. The van der Waals surface area contributed by atoms with Gasteiger partial charge in [0.1, 0.15) is 11.6 Å². The van der Waals surface area contributed by atoms with Crippen LogP contribution in [0.15, 0.2) is 47.8 Å². The summed E-state index contributed by atoms with van der Waals surface area (Å²) in [6.07, 6.45) is 1.76. The molecule has 0 saturated carbocycles. The number of rotatable bonds is 7. The van der Waals surface area contributed by atoms with E-state index in [2.05, 4.69) is 27.0 Å². The summed E-state index contributed by atoms with van der Waals surface area (Å²) in [5, 5.41) is 7.87. The van der Waals surface area contributed by atoms with Crippen molar-refractivity contribution in [3.8, 4) is 0 Å². The predicted molar refractivity (Wildman–Crippen MR) is 119 cm³/mol. The summed E-state index contributed by atoms with van der Waals surface area (Å²) >= 11 is 1.71. The molecule has 1 fully saturated rings. The molecular weight excluding hydrogens is 398 g/mol. The minimum Gasteiger partial charge on any atom is -0.444 e. The molecule has 1 aromatic carbocycles. The molecule has 2 amide bonds. The predicted octanol–water partition coefficient (Wildman–Crippen LogP) is 4.27.